The van der Waals surface area contributed by atoms with E-state index in [1.54, 1.807) is 35.8 Å². The minimum atomic E-state index is -1.03. The molecule has 0 aromatic heterocycles. The summed E-state index contributed by atoms with van der Waals surface area (Å²) in [7, 11) is 8.65. The number of hydrogen-bond donors (Lipinski definition) is 1. The Morgan fingerprint density at radius 1 is 0.828 bits per heavy atom. The fourth-order valence-electron chi connectivity index (χ4n) is 9.77. The lowest BCUT2D eigenvalue weighted by atomic mass is 9.83. The Morgan fingerprint density at radius 3 is 1.95 bits per heavy atom. The number of ether oxygens (including phenoxy) is 2. The van der Waals surface area contributed by atoms with E-state index in [-0.39, 0.29) is 78.8 Å². The molecule has 1 fully saturated rings. The first-order chi connectivity index (χ1) is 29.9. The molecule has 1 aliphatic heterocycles. The van der Waals surface area contributed by atoms with Gasteiger partial charge < -0.3 is 29.3 Å². The van der Waals surface area contributed by atoms with Gasteiger partial charge in [0.1, 0.15) is 5.78 Å². The van der Waals surface area contributed by atoms with Crippen LogP contribution in [0.15, 0.2) is 30.3 Å². The molecule has 0 bridgehead atoms. The van der Waals surface area contributed by atoms with Gasteiger partial charge in [-0.1, -0.05) is 106 Å². The maximum atomic E-state index is 14.6. The second kappa shape index (κ2) is 26.5. The number of carbonyl (C=O) groups is 6. The molecule has 13 nitrogen and oxygen atoms in total. The molecule has 0 spiro atoms. The van der Waals surface area contributed by atoms with Gasteiger partial charge in [-0.05, 0) is 69.0 Å². The molecule has 1 saturated heterocycles. The van der Waals surface area contributed by atoms with Gasteiger partial charge in [-0.3, -0.25) is 33.7 Å². The number of likely N-dealkylation sites (N-methyl/N-ethyl adjacent to an activating group) is 2. The van der Waals surface area contributed by atoms with Crippen molar-refractivity contribution in [2.75, 3.05) is 55.0 Å². The maximum Gasteiger partial charge on any atom is 0.307 e. The van der Waals surface area contributed by atoms with Crippen LogP contribution in [0.4, 0.5) is 0 Å². The lowest BCUT2D eigenvalue weighted by Gasteiger charge is -2.41. The summed E-state index contributed by atoms with van der Waals surface area (Å²) in [4.78, 5) is 89.1. The van der Waals surface area contributed by atoms with Crippen molar-refractivity contribution >= 4 is 35.3 Å². The van der Waals surface area contributed by atoms with Crippen LogP contribution in [0.5, 0.6) is 0 Å². The zero-order valence-corrected chi connectivity index (χ0v) is 42.2. The molecular formula is C51H86N4O9. The van der Waals surface area contributed by atoms with E-state index in [1.165, 1.54) is 7.11 Å². The van der Waals surface area contributed by atoms with Crippen LogP contribution in [0.1, 0.15) is 126 Å². The highest BCUT2D eigenvalue weighted by Crippen LogP contribution is 2.32. The smallest absolute Gasteiger partial charge is 0.307 e. The first-order valence-electron chi connectivity index (χ1n) is 23.8. The molecule has 0 saturated carbocycles. The average Bonchev–Trinajstić information content (AvgIpc) is 3.72. The predicted octanol–water partition coefficient (Wildman–Crippen LogP) is 7.28. The normalized spacial score (nSPS) is 18.3. The zero-order valence-electron chi connectivity index (χ0n) is 42.2. The van der Waals surface area contributed by atoms with Crippen LogP contribution in [-0.4, -0.2) is 145 Å². The maximum absolute atomic E-state index is 14.6. The molecule has 0 radical (unpaired) electrons. The molecule has 1 aromatic carbocycles. The molecule has 64 heavy (non-hydrogen) atoms. The third kappa shape index (κ3) is 16.0. The summed E-state index contributed by atoms with van der Waals surface area (Å²) >= 11 is 0. The molecule has 3 amide bonds. The number of Topliss-reactive ketones (excluding diaryl/α,β-unsaturated/α-hetero) is 2. The molecule has 1 N–H and O–H groups in total. The van der Waals surface area contributed by atoms with Crippen molar-refractivity contribution in [3.8, 4) is 0 Å². The Morgan fingerprint density at radius 2 is 1.44 bits per heavy atom. The van der Waals surface area contributed by atoms with Crippen molar-refractivity contribution < 1.29 is 43.3 Å². The van der Waals surface area contributed by atoms with Crippen molar-refractivity contribution in [3.63, 3.8) is 0 Å². The monoisotopic (exact) mass is 899 g/mol. The molecule has 1 aromatic rings. The highest BCUT2D eigenvalue weighted by Gasteiger charge is 2.43. The van der Waals surface area contributed by atoms with Crippen LogP contribution in [0, 0.1) is 40.9 Å². The van der Waals surface area contributed by atoms with Crippen molar-refractivity contribution in [1.82, 2.24) is 19.6 Å². The minimum Gasteiger partial charge on any atom is -0.481 e. The summed E-state index contributed by atoms with van der Waals surface area (Å²) in [5.41, 5.74) is 0.405. The van der Waals surface area contributed by atoms with Gasteiger partial charge in [0.05, 0.1) is 42.7 Å². The first-order valence-corrected chi connectivity index (χ1v) is 23.8. The van der Waals surface area contributed by atoms with Gasteiger partial charge in [-0.25, -0.2) is 0 Å². The molecular weight excluding hydrogens is 813 g/mol. The number of carboxylic acids is 1. The molecule has 2 rings (SSSR count). The lowest BCUT2D eigenvalue weighted by molar-refractivity contribution is -0.149. The number of hydrogen-bond acceptors (Lipinski definition) is 9. The van der Waals surface area contributed by atoms with E-state index in [1.807, 2.05) is 99.8 Å². The van der Waals surface area contributed by atoms with Gasteiger partial charge in [0.15, 0.2) is 5.78 Å². The molecule has 9 atom stereocenters. The zero-order chi connectivity index (χ0) is 48.6. The number of carboxylic acid groups (broad SMARTS) is 1. The lowest BCUT2D eigenvalue weighted by Crippen LogP contribution is -2.54. The Kier molecular flexibility index (Phi) is 23.3. The number of ketones is 2. The van der Waals surface area contributed by atoms with Crippen LogP contribution in [0.2, 0.25) is 0 Å². The summed E-state index contributed by atoms with van der Waals surface area (Å²) < 4.78 is 12.0. The van der Waals surface area contributed by atoms with E-state index in [0.29, 0.717) is 26.1 Å². The fourth-order valence-corrected chi connectivity index (χ4v) is 9.77. The Balaban J connectivity index is 2.23. The van der Waals surface area contributed by atoms with Crippen molar-refractivity contribution in [1.29, 1.82) is 0 Å². The highest BCUT2D eigenvalue weighted by atomic mass is 16.5. The number of carbonyl (C=O) groups excluding carboxylic acids is 5. The van der Waals surface area contributed by atoms with Gasteiger partial charge in [-0.2, -0.15) is 0 Å². The first kappa shape index (κ1) is 56.4. The third-order valence-electron chi connectivity index (χ3n) is 13.7. The number of likely N-dealkylation sites (tertiary alicyclic amines) is 1. The molecule has 0 aliphatic carbocycles. The van der Waals surface area contributed by atoms with Crippen LogP contribution >= 0.6 is 0 Å². The average molecular weight is 899 g/mol. The molecule has 0 unspecified atom stereocenters. The van der Waals surface area contributed by atoms with Crippen molar-refractivity contribution in [2.24, 2.45) is 40.9 Å². The quantitative estimate of drug-likeness (QED) is 0.0850. The van der Waals surface area contributed by atoms with Crippen LogP contribution in [-0.2, 0) is 44.7 Å². The van der Waals surface area contributed by atoms with E-state index >= 15 is 0 Å². The number of methoxy groups -OCH3 is 2. The van der Waals surface area contributed by atoms with Gasteiger partial charge in [0, 0.05) is 71.5 Å². The SMILES string of the molecule is CC[C@H](C)[C@@H]([C@@H](CC(=O)N1CCC[C@H]1[C@H](OC)[C@@H](C)C(=O)C[C@@H](Cc1ccccc1)C(=O)O)OC)N(C)C(=O)[C@@H](CC(=O)[C@H](C(C)C)N(C)CCCCN(C)C(=O)C(C)(C)C)C(C)C. The van der Waals surface area contributed by atoms with E-state index in [0.717, 1.165) is 31.2 Å². The second-order valence-electron chi connectivity index (χ2n) is 20.4. The van der Waals surface area contributed by atoms with E-state index in [9.17, 15) is 33.9 Å². The summed E-state index contributed by atoms with van der Waals surface area (Å²) in [5.74, 6) is -3.72. The molecule has 1 aliphatic rings. The van der Waals surface area contributed by atoms with Crippen molar-refractivity contribution in [2.45, 2.75) is 157 Å². The van der Waals surface area contributed by atoms with Crippen LogP contribution < -0.4 is 0 Å². The second-order valence-corrected chi connectivity index (χ2v) is 20.4. The van der Waals surface area contributed by atoms with Crippen LogP contribution in [0.3, 0.4) is 0 Å². The van der Waals surface area contributed by atoms with Gasteiger partial charge in [0.2, 0.25) is 17.7 Å². The predicted molar refractivity (Wildman–Crippen MR) is 253 cm³/mol. The number of unbranched alkanes of at least 4 members (excludes halogenated alkanes) is 1. The van der Waals surface area contributed by atoms with Crippen molar-refractivity contribution in [3.05, 3.63) is 35.9 Å². The number of benzene rings is 1. The number of amides is 3. The largest absolute Gasteiger partial charge is 0.481 e. The van der Waals surface area contributed by atoms with Gasteiger partial charge in [-0.15, -0.1) is 0 Å². The topological polar surface area (TPSA) is 154 Å². The summed E-state index contributed by atoms with van der Waals surface area (Å²) in [5, 5.41) is 10.0. The number of aliphatic carboxylic acids is 1. The van der Waals surface area contributed by atoms with Gasteiger partial charge >= 0.3 is 5.97 Å². The number of nitrogens with zero attached hydrogens (tertiary/aromatic N) is 4. The summed E-state index contributed by atoms with van der Waals surface area (Å²) in [6.45, 7) is 21.4. The Bertz CT molecular complexity index is 1650. The molecule has 1 heterocycles. The fraction of sp³-hybridized carbons (Fsp3) is 0.765. The van der Waals surface area contributed by atoms with Gasteiger partial charge in [0.25, 0.3) is 0 Å². The van der Waals surface area contributed by atoms with E-state index in [2.05, 4.69) is 11.8 Å². The standard InChI is InChI=1S/C51H86N4O9/c1-16-35(6)46(54(13)48(59)39(33(2)3)31-42(57)45(34(4)5)52(11)26-20-21-27-53(12)50(62)51(8,9)10)43(63-14)32-44(58)55-28-22-25-40(55)47(64-15)36(7)41(56)30-38(49(60)61)29-37-23-18-17-19-24-37/h17-19,23-24,33-36,38-40,43,45-47H,16,20-22,25-32H2,1-15H3,(H,60,61)/t35-,36-,38+,39-,40-,43+,45-,46-,47+/m0/s1. The highest BCUT2D eigenvalue weighted by molar-refractivity contribution is 5.90. The summed E-state index contributed by atoms with van der Waals surface area (Å²) in [6, 6.07) is 8.03. The summed E-state index contributed by atoms with van der Waals surface area (Å²) in [6.07, 6.45) is 2.61. The third-order valence-corrected chi connectivity index (χ3v) is 13.7. The molecule has 13 heteroatoms. The Labute approximate surface area is 386 Å². The van der Waals surface area contributed by atoms with Crippen LogP contribution in [0.25, 0.3) is 0 Å². The Hall–Kier alpha value is -3.68. The van der Waals surface area contributed by atoms with E-state index < -0.39 is 53.4 Å². The minimum absolute atomic E-state index is 0.00219. The number of rotatable bonds is 28. The molecule has 364 valence electrons. The van der Waals surface area contributed by atoms with E-state index in [4.69, 9.17) is 9.47 Å².